The van der Waals surface area contributed by atoms with Crippen molar-refractivity contribution in [3.63, 3.8) is 0 Å². The van der Waals surface area contributed by atoms with E-state index in [1.807, 2.05) is 0 Å². The minimum absolute atomic E-state index is 0.0565. The maximum atomic E-state index is 12.8. The molecule has 1 aromatic carbocycles. The molecule has 1 saturated heterocycles. The van der Waals surface area contributed by atoms with Crippen molar-refractivity contribution in [1.29, 1.82) is 0 Å². The van der Waals surface area contributed by atoms with E-state index in [0.717, 1.165) is 32.2 Å². The van der Waals surface area contributed by atoms with Gasteiger partial charge in [-0.05, 0) is 43.5 Å². The Labute approximate surface area is 169 Å². The molecule has 1 aliphatic heterocycles. The lowest BCUT2D eigenvalue weighted by atomic mass is 10.0. The van der Waals surface area contributed by atoms with Gasteiger partial charge in [-0.2, -0.15) is 4.98 Å². The lowest BCUT2D eigenvalue weighted by molar-refractivity contribution is -0.122. The topological polar surface area (TPSA) is 71.3 Å². The number of hydrogen-bond acceptors (Lipinski definition) is 5. The highest BCUT2D eigenvalue weighted by Gasteiger charge is 2.30. The summed E-state index contributed by atoms with van der Waals surface area (Å²) in [7, 11) is 0. The third-order valence-corrected chi connectivity index (χ3v) is 5.28. The molecule has 1 unspecified atom stereocenters. The van der Waals surface area contributed by atoms with Gasteiger partial charge in [0.1, 0.15) is 0 Å². The number of amides is 1. The predicted molar refractivity (Wildman–Crippen MR) is 106 cm³/mol. The summed E-state index contributed by atoms with van der Waals surface area (Å²) in [4.78, 5) is 19.4. The number of likely N-dealkylation sites (tertiary alicyclic amines) is 1. The SMILES string of the molecule is CC(C)Cc1nc(CN2CCCCC2C(=O)Nc2ccc(Cl)c(Cl)c2)no1. The van der Waals surface area contributed by atoms with E-state index < -0.39 is 0 Å². The first-order chi connectivity index (χ1) is 12.9. The van der Waals surface area contributed by atoms with Crippen LogP contribution in [0.1, 0.15) is 44.8 Å². The summed E-state index contributed by atoms with van der Waals surface area (Å²) >= 11 is 12.0. The van der Waals surface area contributed by atoms with Crippen molar-refractivity contribution in [3.8, 4) is 0 Å². The average molecular weight is 411 g/mol. The predicted octanol–water partition coefficient (Wildman–Crippen LogP) is 4.57. The van der Waals surface area contributed by atoms with Crippen LogP contribution < -0.4 is 5.32 Å². The molecular formula is C19H24Cl2N4O2. The number of aromatic nitrogens is 2. The third kappa shape index (κ3) is 5.43. The van der Waals surface area contributed by atoms with E-state index in [9.17, 15) is 4.79 Å². The molecule has 1 N–H and O–H groups in total. The summed E-state index contributed by atoms with van der Waals surface area (Å²) in [6.45, 7) is 5.55. The minimum atomic E-state index is -0.236. The second-order valence-electron chi connectivity index (χ2n) is 7.30. The first-order valence-corrected chi connectivity index (χ1v) is 9.99. The largest absolute Gasteiger partial charge is 0.339 e. The fourth-order valence-electron chi connectivity index (χ4n) is 3.24. The molecule has 6 nitrogen and oxygen atoms in total. The molecule has 146 valence electrons. The van der Waals surface area contributed by atoms with Gasteiger partial charge >= 0.3 is 0 Å². The van der Waals surface area contributed by atoms with Gasteiger partial charge in [-0.1, -0.05) is 48.6 Å². The van der Waals surface area contributed by atoms with Crippen LogP contribution in [0.4, 0.5) is 5.69 Å². The number of benzene rings is 1. The highest BCUT2D eigenvalue weighted by Crippen LogP contribution is 2.26. The lowest BCUT2D eigenvalue weighted by Crippen LogP contribution is -2.46. The Morgan fingerprint density at radius 1 is 1.33 bits per heavy atom. The number of carbonyl (C=O) groups excluding carboxylic acids is 1. The zero-order valence-corrected chi connectivity index (χ0v) is 17.1. The van der Waals surface area contributed by atoms with Crippen molar-refractivity contribution in [2.75, 3.05) is 11.9 Å². The van der Waals surface area contributed by atoms with Crippen molar-refractivity contribution in [1.82, 2.24) is 15.0 Å². The Hall–Kier alpha value is -1.63. The molecule has 2 aromatic rings. The molecule has 0 bridgehead atoms. The summed E-state index contributed by atoms with van der Waals surface area (Å²) in [5.74, 6) is 1.67. The van der Waals surface area contributed by atoms with Crippen LogP contribution in [0.3, 0.4) is 0 Å². The highest BCUT2D eigenvalue weighted by atomic mass is 35.5. The zero-order chi connectivity index (χ0) is 19.4. The summed E-state index contributed by atoms with van der Waals surface area (Å²) in [6.07, 6.45) is 3.62. The van der Waals surface area contributed by atoms with Crippen molar-refractivity contribution in [2.24, 2.45) is 5.92 Å². The van der Waals surface area contributed by atoms with Gasteiger partial charge in [-0.25, -0.2) is 0 Å². The maximum Gasteiger partial charge on any atom is 0.241 e. The van der Waals surface area contributed by atoms with Gasteiger partial charge in [0.05, 0.1) is 22.6 Å². The smallest absolute Gasteiger partial charge is 0.241 e. The first-order valence-electron chi connectivity index (χ1n) is 9.24. The number of halogens is 2. The number of carbonyl (C=O) groups is 1. The summed E-state index contributed by atoms with van der Waals surface area (Å²) in [5.41, 5.74) is 0.638. The minimum Gasteiger partial charge on any atom is -0.339 e. The van der Waals surface area contributed by atoms with Gasteiger partial charge in [-0.3, -0.25) is 9.69 Å². The molecule has 0 saturated carbocycles. The number of hydrogen-bond donors (Lipinski definition) is 1. The molecule has 2 heterocycles. The summed E-state index contributed by atoms with van der Waals surface area (Å²) in [6, 6.07) is 4.84. The summed E-state index contributed by atoms with van der Waals surface area (Å²) in [5, 5.41) is 7.89. The standard InChI is InChI=1S/C19H24Cl2N4O2/c1-12(2)9-18-23-17(24-27-18)11-25-8-4-3-5-16(25)19(26)22-13-6-7-14(20)15(21)10-13/h6-7,10,12,16H,3-5,8-9,11H2,1-2H3,(H,22,26). The van der Waals surface area contributed by atoms with Crippen LogP contribution in [-0.2, 0) is 17.8 Å². The molecule has 0 spiro atoms. The Balaban J connectivity index is 1.66. The quantitative estimate of drug-likeness (QED) is 0.754. The van der Waals surface area contributed by atoms with Crippen LogP contribution in [0, 0.1) is 5.92 Å². The molecule has 1 aromatic heterocycles. The van der Waals surface area contributed by atoms with E-state index in [1.165, 1.54) is 0 Å². The van der Waals surface area contributed by atoms with E-state index in [2.05, 4.69) is 34.2 Å². The maximum absolute atomic E-state index is 12.8. The fourth-order valence-corrected chi connectivity index (χ4v) is 3.54. The van der Waals surface area contributed by atoms with E-state index in [-0.39, 0.29) is 11.9 Å². The van der Waals surface area contributed by atoms with Gasteiger partial charge in [0.25, 0.3) is 0 Å². The molecule has 1 fully saturated rings. The highest BCUT2D eigenvalue weighted by molar-refractivity contribution is 6.42. The Morgan fingerprint density at radius 2 is 2.15 bits per heavy atom. The van der Waals surface area contributed by atoms with E-state index in [0.29, 0.717) is 39.9 Å². The van der Waals surface area contributed by atoms with Crippen LogP contribution in [0.5, 0.6) is 0 Å². The second-order valence-corrected chi connectivity index (χ2v) is 8.12. The van der Waals surface area contributed by atoms with Gasteiger partial charge in [0.2, 0.25) is 11.8 Å². The molecule has 3 rings (SSSR count). The van der Waals surface area contributed by atoms with Crippen molar-refractivity contribution in [2.45, 2.75) is 52.1 Å². The monoisotopic (exact) mass is 410 g/mol. The van der Waals surface area contributed by atoms with Crippen molar-refractivity contribution >= 4 is 34.8 Å². The Morgan fingerprint density at radius 3 is 2.89 bits per heavy atom. The molecule has 8 heteroatoms. The van der Waals surface area contributed by atoms with Crippen LogP contribution in [0.25, 0.3) is 0 Å². The van der Waals surface area contributed by atoms with Gasteiger partial charge in [0, 0.05) is 12.1 Å². The Kier molecular flexibility index (Phi) is 6.73. The van der Waals surface area contributed by atoms with Crippen molar-refractivity contribution in [3.05, 3.63) is 40.0 Å². The Bertz CT molecular complexity index is 794. The van der Waals surface area contributed by atoms with E-state index in [1.54, 1.807) is 18.2 Å². The van der Waals surface area contributed by atoms with E-state index in [4.69, 9.17) is 27.7 Å². The molecule has 1 atom stereocenters. The van der Waals surface area contributed by atoms with Gasteiger partial charge in [-0.15, -0.1) is 0 Å². The van der Waals surface area contributed by atoms with E-state index >= 15 is 0 Å². The first kappa shape index (κ1) is 20.1. The fraction of sp³-hybridized carbons (Fsp3) is 0.526. The normalized spacial score (nSPS) is 18.0. The third-order valence-electron chi connectivity index (χ3n) is 4.54. The average Bonchev–Trinajstić information content (AvgIpc) is 3.04. The van der Waals surface area contributed by atoms with Crippen LogP contribution in [-0.4, -0.2) is 33.5 Å². The lowest BCUT2D eigenvalue weighted by Gasteiger charge is -2.33. The summed E-state index contributed by atoms with van der Waals surface area (Å²) < 4.78 is 5.32. The molecule has 0 aliphatic carbocycles. The molecule has 1 aliphatic rings. The number of rotatable bonds is 6. The van der Waals surface area contributed by atoms with Crippen molar-refractivity contribution < 1.29 is 9.32 Å². The molecule has 1 amide bonds. The number of nitrogens with zero attached hydrogens (tertiary/aromatic N) is 3. The van der Waals surface area contributed by atoms with Gasteiger partial charge < -0.3 is 9.84 Å². The molecule has 27 heavy (non-hydrogen) atoms. The number of nitrogens with one attached hydrogen (secondary N) is 1. The number of piperidine rings is 1. The molecule has 0 radical (unpaired) electrons. The second kappa shape index (κ2) is 9.04. The van der Waals surface area contributed by atoms with Crippen LogP contribution in [0.15, 0.2) is 22.7 Å². The number of anilines is 1. The van der Waals surface area contributed by atoms with Gasteiger partial charge in [0.15, 0.2) is 5.82 Å². The zero-order valence-electron chi connectivity index (χ0n) is 15.5. The molecular weight excluding hydrogens is 387 g/mol. The van der Waals surface area contributed by atoms with Crippen LogP contribution >= 0.6 is 23.2 Å². The van der Waals surface area contributed by atoms with Crippen LogP contribution in [0.2, 0.25) is 10.0 Å².